The third-order valence-electron chi connectivity index (χ3n) is 7.95. The quantitative estimate of drug-likeness (QED) is 0.149. The van der Waals surface area contributed by atoms with Gasteiger partial charge in [0.05, 0.1) is 34.4 Å². The fourth-order valence-electron chi connectivity index (χ4n) is 5.60. The maximum Gasteiger partial charge on any atom is 0.407 e. The molecule has 4 N–H and O–H groups in total. The number of carbonyl (C=O) groups excluding carboxylic acids is 1. The average molecular weight is 658 g/mol. The van der Waals surface area contributed by atoms with Crippen LogP contribution in [-0.4, -0.2) is 57.9 Å². The van der Waals surface area contributed by atoms with E-state index in [1.165, 1.54) is 39.3 Å². The molecule has 1 amide bonds. The molecule has 15 heteroatoms. The smallest absolute Gasteiger partial charge is 0.407 e. The predicted octanol–water partition coefficient (Wildman–Crippen LogP) is 6.39. The summed E-state index contributed by atoms with van der Waals surface area (Å²) < 4.78 is 25.3. The molecule has 1 aliphatic heterocycles. The van der Waals surface area contributed by atoms with Crippen LogP contribution in [0, 0.1) is 21.3 Å². The summed E-state index contributed by atoms with van der Waals surface area (Å²) in [6.45, 7) is 9.30. The summed E-state index contributed by atoms with van der Waals surface area (Å²) in [6, 6.07) is 6.77. The van der Waals surface area contributed by atoms with Crippen molar-refractivity contribution in [3.05, 3.63) is 63.0 Å². The number of nitro benzene ring substituents is 1. The van der Waals surface area contributed by atoms with E-state index in [-0.39, 0.29) is 45.2 Å². The number of aromatic nitrogens is 2. The minimum Gasteiger partial charge on any atom is -0.494 e. The molecule has 1 saturated heterocycles. The van der Waals surface area contributed by atoms with Crippen molar-refractivity contribution in [1.82, 2.24) is 15.3 Å². The van der Waals surface area contributed by atoms with Gasteiger partial charge in [0.25, 0.3) is 5.69 Å². The number of nitro groups is 1. The van der Waals surface area contributed by atoms with Gasteiger partial charge in [-0.2, -0.15) is 4.98 Å². The molecule has 1 aromatic heterocycles. The number of nitrogens with one attached hydrogen (secondary N) is 3. The molecule has 0 bridgehead atoms. The van der Waals surface area contributed by atoms with Gasteiger partial charge in [0, 0.05) is 48.1 Å². The second kappa shape index (κ2) is 12.1. The molecule has 0 radical (unpaired) electrons. The number of hydrogen-bond acceptors (Lipinski definition) is 11. The number of methoxy groups -OCH3 is 1. The van der Waals surface area contributed by atoms with Crippen LogP contribution in [0.5, 0.6) is 5.75 Å². The Morgan fingerprint density at radius 2 is 1.89 bits per heavy atom. The van der Waals surface area contributed by atoms with Crippen molar-refractivity contribution in [3.8, 4) is 5.75 Å². The summed E-state index contributed by atoms with van der Waals surface area (Å²) >= 11 is 6.01. The maximum absolute atomic E-state index is 14.2. The topological polar surface area (TPSA) is 164 Å². The zero-order chi connectivity index (χ0) is 33.6. The lowest BCUT2D eigenvalue weighted by atomic mass is 9.96. The van der Waals surface area contributed by atoms with Gasteiger partial charge in [-0.05, 0) is 65.7 Å². The van der Waals surface area contributed by atoms with Crippen molar-refractivity contribution >= 4 is 52.2 Å². The molecule has 1 saturated carbocycles. The maximum atomic E-state index is 14.2. The summed E-state index contributed by atoms with van der Waals surface area (Å²) in [6.07, 6.45) is 2.71. The molecule has 5 rings (SSSR count). The Balaban J connectivity index is 1.40. The van der Waals surface area contributed by atoms with Crippen LogP contribution in [-0.2, 0) is 10.3 Å². The predicted molar refractivity (Wildman–Crippen MR) is 172 cm³/mol. The van der Waals surface area contributed by atoms with Crippen LogP contribution in [0.2, 0.25) is 5.02 Å². The Hall–Kier alpha value is -4.43. The van der Waals surface area contributed by atoms with Gasteiger partial charge in [-0.1, -0.05) is 11.6 Å². The third-order valence-corrected chi connectivity index (χ3v) is 8.24. The van der Waals surface area contributed by atoms with Crippen LogP contribution in [0.25, 0.3) is 0 Å². The molecule has 2 fully saturated rings. The van der Waals surface area contributed by atoms with Gasteiger partial charge >= 0.3 is 6.09 Å². The standard InChI is InChI=1S/C31H37ClFN7O6/c1-29(2,3)46-28(41)37-25-15-39(16-31(25)8-9-31)22-14-24(45-6)21(13-23(22)40(43)44)36-27-34-10-7-26(38-27)35-20-12-18(32)19(33)11-17(20)30(4,5)42/h7,10-14,25,42H,8-9,15-16H2,1-6H3,(H,37,41)(H2,34,35,36,38)/t25-/m0/s1. The molecule has 2 aliphatic rings. The van der Waals surface area contributed by atoms with Crippen LogP contribution in [0.3, 0.4) is 0 Å². The van der Waals surface area contributed by atoms with Gasteiger partial charge in [-0.25, -0.2) is 14.2 Å². The highest BCUT2D eigenvalue weighted by Gasteiger charge is 2.56. The molecule has 1 aliphatic carbocycles. The number of benzene rings is 2. The molecule has 1 spiro atoms. The second-order valence-electron chi connectivity index (χ2n) is 13.1. The summed E-state index contributed by atoms with van der Waals surface area (Å²) in [7, 11) is 1.45. The zero-order valence-electron chi connectivity index (χ0n) is 26.4. The fraction of sp³-hybridized carbons (Fsp3) is 0.452. The number of carbonyl (C=O) groups is 1. The normalized spacial score (nSPS) is 17.1. The Labute approximate surface area is 270 Å². The van der Waals surface area contributed by atoms with Crippen LogP contribution in [0.4, 0.5) is 43.7 Å². The molecule has 1 atom stereocenters. The first-order valence-electron chi connectivity index (χ1n) is 14.7. The molecule has 2 heterocycles. The lowest BCUT2D eigenvalue weighted by Gasteiger charge is -2.24. The van der Waals surface area contributed by atoms with Crippen molar-refractivity contribution in [1.29, 1.82) is 0 Å². The van der Waals surface area contributed by atoms with E-state index in [1.807, 2.05) is 4.90 Å². The highest BCUT2D eigenvalue weighted by molar-refractivity contribution is 6.31. The van der Waals surface area contributed by atoms with Gasteiger partial charge in [0.1, 0.15) is 28.7 Å². The van der Waals surface area contributed by atoms with E-state index in [4.69, 9.17) is 21.1 Å². The minimum absolute atomic E-state index is 0.0862. The molecule has 3 aromatic rings. The molecular formula is C31H37ClFN7O6. The molecule has 13 nitrogen and oxygen atoms in total. The SMILES string of the molecule is COc1cc(N2C[C@H](NC(=O)OC(C)(C)C)C3(CC3)C2)c([N+](=O)[O-])cc1Nc1nccc(Nc2cc(Cl)c(F)cc2C(C)(C)O)n1. The van der Waals surface area contributed by atoms with E-state index in [1.54, 1.807) is 32.9 Å². The van der Waals surface area contributed by atoms with E-state index in [0.29, 0.717) is 30.2 Å². The molecule has 46 heavy (non-hydrogen) atoms. The van der Waals surface area contributed by atoms with E-state index < -0.39 is 28.0 Å². The number of hydrogen-bond donors (Lipinski definition) is 4. The first-order valence-corrected chi connectivity index (χ1v) is 15.1. The largest absolute Gasteiger partial charge is 0.494 e. The molecule has 2 aromatic carbocycles. The number of amides is 1. The molecular weight excluding hydrogens is 621 g/mol. The fourth-order valence-corrected chi connectivity index (χ4v) is 5.76. The van der Waals surface area contributed by atoms with Crippen LogP contribution in [0.15, 0.2) is 36.5 Å². The Morgan fingerprint density at radius 3 is 2.50 bits per heavy atom. The number of alkyl carbamates (subject to hydrolysis) is 1. The van der Waals surface area contributed by atoms with E-state index in [9.17, 15) is 24.4 Å². The summed E-state index contributed by atoms with van der Waals surface area (Å²) in [4.78, 5) is 35.0. The van der Waals surface area contributed by atoms with Crippen molar-refractivity contribution in [3.63, 3.8) is 0 Å². The first-order chi connectivity index (χ1) is 21.5. The zero-order valence-corrected chi connectivity index (χ0v) is 27.2. The van der Waals surface area contributed by atoms with Gasteiger partial charge in [-0.15, -0.1) is 0 Å². The van der Waals surface area contributed by atoms with Crippen LogP contribution >= 0.6 is 11.6 Å². The Kier molecular flexibility index (Phi) is 8.64. The highest BCUT2D eigenvalue weighted by Crippen LogP contribution is 2.55. The molecule has 0 unspecified atom stereocenters. The van der Waals surface area contributed by atoms with Crippen LogP contribution < -0.4 is 25.6 Å². The number of ether oxygens (including phenoxy) is 2. The van der Waals surface area contributed by atoms with Gasteiger partial charge < -0.3 is 35.4 Å². The average Bonchev–Trinajstić information content (AvgIpc) is 3.64. The summed E-state index contributed by atoms with van der Waals surface area (Å²) in [5.74, 6) is 0.00218. The number of aliphatic hydroxyl groups is 1. The van der Waals surface area contributed by atoms with E-state index in [0.717, 1.165) is 18.9 Å². The third kappa shape index (κ3) is 7.18. The van der Waals surface area contributed by atoms with Gasteiger partial charge in [0.2, 0.25) is 5.95 Å². The second-order valence-corrected chi connectivity index (χ2v) is 13.5. The highest BCUT2D eigenvalue weighted by atomic mass is 35.5. The Bertz CT molecular complexity index is 1670. The number of halogens is 2. The van der Waals surface area contributed by atoms with Crippen molar-refractivity contribution in [2.75, 3.05) is 35.7 Å². The number of rotatable bonds is 9. The first kappa shape index (κ1) is 32.9. The summed E-state index contributed by atoms with van der Waals surface area (Å²) in [5.41, 5.74) is -1.19. The lowest BCUT2D eigenvalue weighted by molar-refractivity contribution is -0.384. The molecule has 246 valence electrons. The lowest BCUT2D eigenvalue weighted by Crippen LogP contribution is -2.44. The Morgan fingerprint density at radius 1 is 1.17 bits per heavy atom. The van der Waals surface area contributed by atoms with Crippen molar-refractivity contribution in [2.24, 2.45) is 5.41 Å². The van der Waals surface area contributed by atoms with Crippen molar-refractivity contribution in [2.45, 2.75) is 64.7 Å². The number of nitrogens with zero attached hydrogens (tertiary/aromatic N) is 4. The van der Waals surface area contributed by atoms with Crippen LogP contribution in [0.1, 0.15) is 53.0 Å². The van der Waals surface area contributed by atoms with Gasteiger partial charge in [-0.3, -0.25) is 10.1 Å². The van der Waals surface area contributed by atoms with Crippen molar-refractivity contribution < 1.29 is 28.7 Å². The van der Waals surface area contributed by atoms with Gasteiger partial charge in [0.15, 0.2) is 0 Å². The van der Waals surface area contributed by atoms with E-state index in [2.05, 4.69) is 25.9 Å². The van der Waals surface area contributed by atoms with E-state index >= 15 is 0 Å². The number of anilines is 5. The monoisotopic (exact) mass is 657 g/mol. The minimum atomic E-state index is -1.39. The summed E-state index contributed by atoms with van der Waals surface area (Å²) in [5, 5.41) is 31.8.